The Morgan fingerprint density at radius 1 is 1.00 bits per heavy atom. The molecule has 2 aromatic rings. The molecule has 2 aromatic carbocycles. The number of hydrogen-bond acceptors (Lipinski definition) is 5. The molecule has 0 fully saturated rings. The van der Waals surface area contributed by atoms with Gasteiger partial charge >= 0.3 is 51.4 Å². The smallest absolute Gasteiger partial charge is 0.870 e. The minimum Gasteiger partial charge on any atom is -0.870 e. The molecule has 0 heterocycles. The zero-order chi connectivity index (χ0) is 16.5. The van der Waals surface area contributed by atoms with Crippen LogP contribution in [0.4, 0.5) is 11.4 Å². The second-order valence-electron chi connectivity index (χ2n) is 4.00. The van der Waals surface area contributed by atoms with Gasteiger partial charge in [-0.15, -0.1) is 5.11 Å². The van der Waals surface area contributed by atoms with Crippen molar-refractivity contribution >= 4 is 56.3 Å². The first-order valence-corrected chi connectivity index (χ1v) is 8.11. The van der Waals surface area contributed by atoms with Gasteiger partial charge in [0.1, 0.15) is 0 Å². The summed E-state index contributed by atoms with van der Waals surface area (Å²) in [5.41, 5.74) is 0.0111. The Kier molecular flexibility index (Phi) is 7.94. The van der Waals surface area contributed by atoms with Crippen LogP contribution in [0.3, 0.4) is 0 Å². The van der Waals surface area contributed by atoms with E-state index >= 15 is 0 Å². The van der Waals surface area contributed by atoms with Crippen molar-refractivity contribution in [3.8, 4) is 5.75 Å². The Bertz CT molecular complexity index is 831. The molecule has 2 rings (SSSR count). The monoisotopic (exact) mass is 418 g/mol. The van der Waals surface area contributed by atoms with E-state index in [9.17, 15) is 13.5 Å². The van der Waals surface area contributed by atoms with Crippen molar-refractivity contribution in [2.45, 2.75) is 4.90 Å². The third-order valence-electron chi connectivity index (χ3n) is 2.50. The van der Waals surface area contributed by atoms with Gasteiger partial charge in [0.05, 0.1) is 26.3 Å². The van der Waals surface area contributed by atoms with Gasteiger partial charge in [-0.25, -0.2) is 0 Å². The van der Waals surface area contributed by atoms with Crippen LogP contribution in [0.15, 0.2) is 45.5 Å². The van der Waals surface area contributed by atoms with Crippen molar-refractivity contribution in [3.05, 3.63) is 45.4 Å². The number of nitrogens with zero attached hydrogens (tertiary/aromatic N) is 2. The van der Waals surface area contributed by atoms with Crippen LogP contribution in [0.5, 0.6) is 5.75 Å². The van der Waals surface area contributed by atoms with E-state index in [1.807, 2.05) is 0 Å². The molecular formula is C12H6Cl3KN2O4S. The van der Waals surface area contributed by atoms with E-state index in [4.69, 9.17) is 39.4 Å². The molecule has 0 aromatic heterocycles. The predicted octanol–water partition coefficient (Wildman–Crippen LogP) is 1.39. The first-order valence-electron chi connectivity index (χ1n) is 5.54. The van der Waals surface area contributed by atoms with Crippen LogP contribution < -0.4 is 56.5 Å². The van der Waals surface area contributed by atoms with Gasteiger partial charge in [0.15, 0.2) is 0 Å². The van der Waals surface area contributed by atoms with Crippen molar-refractivity contribution in [1.29, 1.82) is 0 Å². The molecule has 0 atom stereocenters. The summed E-state index contributed by atoms with van der Waals surface area (Å²) in [6.07, 6.45) is 0. The molecule has 0 unspecified atom stereocenters. The van der Waals surface area contributed by atoms with Crippen molar-refractivity contribution in [2.75, 3.05) is 0 Å². The molecule has 11 heteroatoms. The Hall–Kier alpha value is 0.256. The van der Waals surface area contributed by atoms with Crippen LogP contribution >= 0.6 is 34.8 Å². The van der Waals surface area contributed by atoms with Crippen LogP contribution in [0.25, 0.3) is 0 Å². The van der Waals surface area contributed by atoms with Gasteiger partial charge in [-0.1, -0.05) is 40.6 Å². The topological polar surface area (TPSA) is 102 Å². The van der Waals surface area contributed by atoms with Crippen LogP contribution in [0, 0.1) is 0 Å². The van der Waals surface area contributed by atoms with Crippen LogP contribution in [-0.2, 0) is 10.1 Å². The molecule has 0 aliphatic heterocycles. The molecule has 0 saturated heterocycles. The second kappa shape index (κ2) is 8.57. The third-order valence-corrected chi connectivity index (χ3v) is 4.43. The molecule has 1 N–H and O–H groups in total. The zero-order valence-electron chi connectivity index (χ0n) is 11.5. The van der Waals surface area contributed by atoms with Gasteiger partial charge < -0.3 is 5.11 Å². The minimum absolute atomic E-state index is 0. The summed E-state index contributed by atoms with van der Waals surface area (Å²) in [6, 6.07) is 6.05. The Balaban J connectivity index is 0.00000264. The summed E-state index contributed by atoms with van der Waals surface area (Å²) in [6.45, 7) is 0. The van der Waals surface area contributed by atoms with Crippen molar-refractivity contribution in [3.63, 3.8) is 0 Å². The molecule has 6 nitrogen and oxygen atoms in total. The summed E-state index contributed by atoms with van der Waals surface area (Å²) in [4.78, 5) is -0.292. The Labute approximate surface area is 189 Å². The zero-order valence-corrected chi connectivity index (χ0v) is 17.7. The molecule has 0 bridgehead atoms. The molecule has 0 spiro atoms. The number of benzene rings is 2. The molecule has 0 amide bonds. The van der Waals surface area contributed by atoms with Crippen molar-refractivity contribution in [1.82, 2.24) is 0 Å². The first-order chi connectivity index (χ1) is 10.2. The van der Waals surface area contributed by atoms with Gasteiger partial charge in [-0.3, -0.25) is 4.55 Å². The second-order valence-corrected chi connectivity index (χ2v) is 6.61. The Morgan fingerprint density at radius 3 is 2.09 bits per heavy atom. The van der Waals surface area contributed by atoms with E-state index in [2.05, 4.69) is 10.2 Å². The standard InChI is InChI=1S/C12H7Cl3N2O4S.K/c13-8-5-9(14)12(18)11(10(8)15)17-16-6-1-3-7(4-2-6)22(19,20)21;/h1-5,18H,(H,19,20,21);/q;+1/p-1. The van der Waals surface area contributed by atoms with Crippen molar-refractivity contribution < 1.29 is 69.5 Å². The average molecular weight is 420 g/mol. The number of hydrogen-bond donors (Lipinski definition) is 1. The number of azo groups is 1. The largest absolute Gasteiger partial charge is 1.00 e. The molecule has 23 heavy (non-hydrogen) atoms. The SMILES string of the molecule is O=S(=O)(O)c1ccc(N=Nc2c([O-])c(Cl)cc(Cl)c2Cl)cc1.[K+]. The van der Waals surface area contributed by atoms with Crippen LogP contribution in [-0.4, -0.2) is 13.0 Å². The molecule has 0 aliphatic carbocycles. The average Bonchev–Trinajstić information content (AvgIpc) is 2.45. The summed E-state index contributed by atoms with van der Waals surface area (Å²) >= 11 is 17.3. The maximum Gasteiger partial charge on any atom is 1.00 e. The molecule has 0 aliphatic rings. The maximum atomic E-state index is 11.8. The summed E-state index contributed by atoms with van der Waals surface area (Å²) in [5, 5.41) is 19.1. The van der Waals surface area contributed by atoms with E-state index in [1.165, 1.54) is 18.2 Å². The van der Waals surface area contributed by atoms with Crippen LogP contribution in [0.2, 0.25) is 15.1 Å². The van der Waals surface area contributed by atoms with E-state index < -0.39 is 15.9 Å². The number of halogens is 3. The van der Waals surface area contributed by atoms with Crippen LogP contribution in [0.1, 0.15) is 0 Å². The van der Waals surface area contributed by atoms with E-state index in [-0.39, 0.29) is 82.7 Å². The normalized spacial score (nSPS) is 11.5. The van der Waals surface area contributed by atoms with E-state index in [0.717, 1.165) is 12.1 Å². The number of rotatable bonds is 3. The van der Waals surface area contributed by atoms with Gasteiger partial charge in [0, 0.05) is 5.02 Å². The fourth-order valence-corrected chi connectivity index (χ4v) is 2.56. The van der Waals surface area contributed by atoms with Gasteiger partial charge in [-0.05, 0) is 30.3 Å². The Morgan fingerprint density at radius 2 is 1.57 bits per heavy atom. The van der Waals surface area contributed by atoms with Gasteiger partial charge in [-0.2, -0.15) is 13.5 Å². The van der Waals surface area contributed by atoms with Crippen molar-refractivity contribution in [2.24, 2.45) is 10.2 Å². The first kappa shape index (κ1) is 21.3. The predicted molar refractivity (Wildman–Crippen MR) is 81.4 cm³/mol. The van der Waals surface area contributed by atoms with Gasteiger partial charge in [0.25, 0.3) is 10.1 Å². The summed E-state index contributed by atoms with van der Waals surface area (Å²) in [7, 11) is -4.29. The van der Waals surface area contributed by atoms with E-state index in [1.54, 1.807) is 0 Å². The van der Waals surface area contributed by atoms with E-state index in [0.29, 0.717) is 0 Å². The fourth-order valence-electron chi connectivity index (χ4n) is 1.45. The summed E-state index contributed by atoms with van der Waals surface area (Å²) < 4.78 is 30.7. The minimum atomic E-state index is -4.29. The molecule has 0 radical (unpaired) electrons. The summed E-state index contributed by atoms with van der Waals surface area (Å²) in [5.74, 6) is -0.630. The maximum absolute atomic E-state index is 11.8. The fraction of sp³-hybridized carbons (Fsp3) is 0. The third kappa shape index (κ3) is 5.37. The molecule has 0 saturated carbocycles. The quantitative estimate of drug-likeness (QED) is 0.351. The molecule has 116 valence electrons. The molecular weight excluding hydrogens is 414 g/mol. The van der Waals surface area contributed by atoms with Gasteiger partial charge in [0.2, 0.25) is 0 Å².